The predicted octanol–water partition coefficient (Wildman–Crippen LogP) is 3.89. The zero-order chi connectivity index (χ0) is 14.4. The van der Waals surface area contributed by atoms with E-state index in [9.17, 15) is 4.39 Å². The molecule has 21 heavy (non-hydrogen) atoms. The summed E-state index contributed by atoms with van der Waals surface area (Å²) < 4.78 is 15.4. The second-order valence-electron chi connectivity index (χ2n) is 5.60. The number of fused-ring (bicyclic) bond motifs is 3. The summed E-state index contributed by atoms with van der Waals surface area (Å²) in [6.45, 7) is 3.00. The van der Waals surface area contributed by atoms with Crippen LogP contribution < -0.4 is 5.32 Å². The van der Waals surface area contributed by atoms with E-state index in [-0.39, 0.29) is 11.9 Å². The van der Waals surface area contributed by atoms with Crippen LogP contribution in [0.15, 0.2) is 42.5 Å². The Balaban J connectivity index is 1.90. The van der Waals surface area contributed by atoms with Gasteiger partial charge in [0.15, 0.2) is 0 Å². The molecule has 2 heterocycles. The third-order valence-electron chi connectivity index (χ3n) is 4.09. The van der Waals surface area contributed by atoms with Gasteiger partial charge in [-0.15, -0.1) is 0 Å². The molecule has 1 N–H and O–H groups in total. The van der Waals surface area contributed by atoms with Gasteiger partial charge in [0.05, 0.1) is 11.6 Å². The topological polar surface area (TPSA) is 29.9 Å². The summed E-state index contributed by atoms with van der Waals surface area (Å²) in [5, 5.41) is 8.99. The van der Waals surface area contributed by atoms with Crippen molar-refractivity contribution in [2.45, 2.75) is 19.4 Å². The average Bonchev–Trinajstić information content (AvgIpc) is 2.84. The Kier molecular flexibility index (Phi) is 2.70. The highest BCUT2D eigenvalue weighted by molar-refractivity contribution is 5.90. The van der Waals surface area contributed by atoms with Crippen LogP contribution in [0.2, 0.25) is 0 Å². The van der Waals surface area contributed by atoms with Crippen molar-refractivity contribution in [2.24, 2.45) is 0 Å². The first-order chi connectivity index (χ1) is 10.2. The number of nitrogens with one attached hydrogen (secondary N) is 1. The van der Waals surface area contributed by atoms with Crippen molar-refractivity contribution >= 4 is 16.7 Å². The lowest BCUT2D eigenvalue weighted by atomic mass is 10.0. The first-order valence-corrected chi connectivity index (χ1v) is 7.20. The van der Waals surface area contributed by atoms with Gasteiger partial charge in [0.2, 0.25) is 0 Å². The van der Waals surface area contributed by atoms with Crippen molar-refractivity contribution < 1.29 is 4.39 Å². The Morgan fingerprint density at radius 1 is 1.24 bits per heavy atom. The van der Waals surface area contributed by atoms with Gasteiger partial charge in [-0.25, -0.2) is 9.07 Å². The number of hydrogen-bond donors (Lipinski definition) is 1. The van der Waals surface area contributed by atoms with Gasteiger partial charge in [0.1, 0.15) is 11.6 Å². The smallest absolute Gasteiger partial charge is 0.132 e. The molecule has 0 radical (unpaired) electrons. The Bertz CT molecular complexity index is 822. The zero-order valence-corrected chi connectivity index (χ0v) is 11.8. The third kappa shape index (κ3) is 1.98. The summed E-state index contributed by atoms with van der Waals surface area (Å²) in [7, 11) is 0. The molecule has 1 atom stereocenters. The highest BCUT2D eigenvalue weighted by Crippen LogP contribution is 2.34. The summed E-state index contributed by atoms with van der Waals surface area (Å²) in [4.78, 5) is 0. The van der Waals surface area contributed by atoms with Gasteiger partial charge in [-0.2, -0.15) is 5.10 Å². The molecular formula is C17H16FN3. The second kappa shape index (κ2) is 4.58. The minimum Gasteiger partial charge on any atom is -0.370 e. The highest BCUT2D eigenvalue weighted by atomic mass is 19.1. The van der Waals surface area contributed by atoms with Crippen LogP contribution in [-0.4, -0.2) is 16.3 Å². The van der Waals surface area contributed by atoms with Gasteiger partial charge < -0.3 is 5.32 Å². The van der Waals surface area contributed by atoms with Gasteiger partial charge >= 0.3 is 0 Å². The minimum atomic E-state index is -0.245. The fraction of sp³-hybridized carbons (Fsp3) is 0.235. The molecule has 1 unspecified atom stereocenters. The SMILES string of the molecule is Cc1cccc(C2CCNc3c4ccc(F)cc4nn32)c1. The van der Waals surface area contributed by atoms with Crippen molar-refractivity contribution in [3.05, 3.63) is 59.4 Å². The molecule has 3 aromatic rings. The maximum Gasteiger partial charge on any atom is 0.132 e. The molecule has 4 rings (SSSR count). The lowest BCUT2D eigenvalue weighted by molar-refractivity contribution is 0.485. The number of aryl methyl sites for hydroxylation is 1. The summed E-state index contributed by atoms with van der Waals surface area (Å²) in [5.74, 6) is 0.743. The number of anilines is 1. The van der Waals surface area contributed by atoms with E-state index in [0.29, 0.717) is 5.52 Å². The summed E-state index contributed by atoms with van der Waals surface area (Å²) in [5.41, 5.74) is 3.21. The van der Waals surface area contributed by atoms with E-state index < -0.39 is 0 Å². The van der Waals surface area contributed by atoms with Crippen LogP contribution in [-0.2, 0) is 0 Å². The highest BCUT2D eigenvalue weighted by Gasteiger charge is 2.24. The third-order valence-corrected chi connectivity index (χ3v) is 4.09. The van der Waals surface area contributed by atoms with Gasteiger partial charge in [0, 0.05) is 18.0 Å². The lowest BCUT2D eigenvalue weighted by Gasteiger charge is -2.26. The number of rotatable bonds is 1. The Labute approximate surface area is 122 Å². The summed E-state index contributed by atoms with van der Waals surface area (Å²) in [6.07, 6.45) is 0.979. The Morgan fingerprint density at radius 3 is 3.00 bits per heavy atom. The Hall–Kier alpha value is -2.36. The molecule has 2 aromatic carbocycles. The van der Waals surface area contributed by atoms with Crippen LogP contribution in [0.3, 0.4) is 0 Å². The van der Waals surface area contributed by atoms with Crippen LogP contribution >= 0.6 is 0 Å². The normalized spacial score (nSPS) is 17.5. The fourth-order valence-corrected chi connectivity index (χ4v) is 3.11. The van der Waals surface area contributed by atoms with Crippen LogP contribution in [0.4, 0.5) is 10.2 Å². The van der Waals surface area contributed by atoms with Crippen LogP contribution in [0.1, 0.15) is 23.6 Å². The van der Waals surface area contributed by atoms with Crippen molar-refractivity contribution in [1.29, 1.82) is 0 Å². The minimum absolute atomic E-state index is 0.205. The number of halogens is 1. The molecule has 0 aliphatic carbocycles. The lowest BCUT2D eigenvalue weighted by Crippen LogP contribution is -2.24. The first kappa shape index (κ1) is 12.4. The zero-order valence-electron chi connectivity index (χ0n) is 11.8. The van der Waals surface area contributed by atoms with Gasteiger partial charge in [0.25, 0.3) is 0 Å². The number of nitrogens with zero attached hydrogens (tertiary/aromatic N) is 2. The fourth-order valence-electron chi connectivity index (χ4n) is 3.11. The second-order valence-corrected chi connectivity index (χ2v) is 5.60. The van der Waals surface area contributed by atoms with E-state index in [0.717, 1.165) is 24.2 Å². The van der Waals surface area contributed by atoms with Crippen molar-refractivity contribution in [3.8, 4) is 0 Å². The van der Waals surface area contributed by atoms with E-state index in [2.05, 4.69) is 41.6 Å². The molecule has 0 saturated heterocycles. The van der Waals surface area contributed by atoms with E-state index in [1.807, 2.05) is 4.68 Å². The monoisotopic (exact) mass is 281 g/mol. The molecule has 1 aliphatic rings. The number of aromatic nitrogens is 2. The number of benzene rings is 2. The molecule has 106 valence electrons. The molecule has 1 aliphatic heterocycles. The van der Waals surface area contributed by atoms with Crippen LogP contribution in [0.5, 0.6) is 0 Å². The molecule has 0 spiro atoms. The predicted molar refractivity (Wildman–Crippen MR) is 82.1 cm³/mol. The molecule has 0 fully saturated rings. The average molecular weight is 281 g/mol. The molecule has 0 bridgehead atoms. The van der Waals surface area contributed by atoms with Crippen molar-refractivity contribution in [1.82, 2.24) is 9.78 Å². The first-order valence-electron chi connectivity index (χ1n) is 7.20. The van der Waals surface area contributed by atoms with E-state index in [1.165, 1.54) is 23.3 Å². The van der Waals surface area contributed by atoms with E-state index >= 15 is 0 Å². The molecule has 0 saturated carbocycles. The van der Waals surface area contributed by atoms with Crippen LogP contribution in [0, 0.1) is 12.7 Å². The van der Waals surface area contributed by atoms with Gasteiger partial charge in [-0.3, -0.25) is 0 Å². The van der Waals surface area contributed by atoms with Crippen molar-refractivity contribution in [3.63, 3.8) is 0 Å². The molecule has 1 aromatic heterocycles. The Morgan fingerprint density at radius 2 is 2.14 bits per heavy atom. The van der Waals surface area contributed by atoms with Crippen molar-refractivity contribution in [2.75, 3.05) is 11.9 Å². The van der Waals surface area contributed by atoms with Gasteiger partial charge in [-0.1, -0.05) is 29.8 Å². The van der Waals surface area contributed by atoms with E-state index in [1.54, 1.807) is 6.07 Å². The quantitative estimate of drug-likeness (QED) is 0.733. The maximum absolute atomic E-state index is 13.4. The molecular weight excluding hydrogens is 265 g/mol. The molecule has 0 amide bonds. The standard InChI is InChI=1S/C17H16FN3/c1-11-3-2-4-12(9-11)16-7-8-19-17-14-6-5-13(18)10-15(14)20-21(16)17/h2-6,9-10,16,19H,7-8H2,1H3. The molecule has 3 nitrogen and oxygen atoms in total. The summed E-state index contributed by atoms with van der Waals surface area (Å²) in [6, 6.07) is 13.5. The largest absolute Gasteiger partial charge is 0.370 e. The molecule has 4 heteroatoms. The summed E-state index contributed by atoms with van der Waals surface area (Å²) >= 11 is 0. The van der Waals surface area contributed by atoms with Crippen LogP contribution in [0.25, 0.3) is 10.9 Å². The number of hydrogen-bond acceptors (Lipinski definition) is 2. The van der Waals surface area contributed by atoms with E-state index in [4.69, 9.17) is 0 Å². The van der Waals surface area contributed by atoms with Gasteiger partial charge in [-0.05, 0) is 31.0 Å². The maximum atomic E-state index is 13.4.